The lowest BCUT2D eigenvalue weighted by Crippen LogP contribution is -2.30. The fourth-order valence-corrected chi connectivity index (χ4v) is 2.92. The van der Waals surface area contributed by atoms with E-state index >= 15 is 0 Å². The van der Waals surface area contributed by atoms with Gasteiger partial charge in [-0.25, -0.2) is 17.9 Å². The number of nitrogens with one attached hydrogen (secondary N) is 1. The van der Waals surface area contributed by atoms with Crippen LogP contribution < -0.4 is 10.5 Å². The Morgan fingerprint density at radius 3 is 2.43 bits per heavy atom. The van der Waals surface area contributed by atoms with Gasteiger partial charge in [-0.15, -0.1) is 0 Å². The second-order valence-electron chi connectivity index (χ2n) is 4.70. The largest absolute Gasteiger partial charge is 0.352 e. The van der Waals surface area contributed by atoms with E-state index < -0.39 is 32.2 Å². The first-order valence-corrected chi connectivity index (χ1v) is 8.43. The summed E-state index contributed by atoms with van der Waals surface area (Å²) in [6, 6.07) is 1.63. The molecule has 0 aliphatic heterocycles. The predicted octanol–water partition coefficient (Wildman–Crippen LogP) is 2.29. The van der Waals surface area contributed by atoms with Crippen LogP contribution in [0.5, 0.6) is 0 Å². The summed E-state index contributed by atoms with van der Waals surface area (Å²) < 4.78 is 36.5. The van der Waals surface area contributed by atoms with Crippen molar-refractivity contribution in [1.29, 1.82) is 0 Å². The van der Waals surface area contributed by atoms with Crippen molar-refractivity contribution in [2.75, 3.05) is 6.54 Å². The molecule has 0 aromatic heterocycles. The van der Waals surface area contributed by atoms with Gasteiger partial charge in [-0.1, -0.05) is 38.3 Å². The van der Waals surface area contributed by atoms with Gasteiger partial charge in [-0.3, -0.25) is 4.79 Å². The molecule has 0 unspecified atom stereocenters. The van der Waals surface area contributed by atoms with Gasteiger partial charge < -0.3 is 5.32 Å². The molecule has 0 saturated heterocycles. The molecule has 0 heterocycles. The van der Waals surface area contributed by atoms with Crippen molar-refractivity contribution in [3.63, 3.8) is 0 Å². The number of rotatable bonds is 6. The molecule has 1 aromatic carbocycles. The number of halogens is 2. The van der Waals surface area contributed by atoms with E-state index in [1.54, 1.807) is 0 Å². The van der Waals surface area contributed by atoms with Crippen LogP contribution >= 0.6 is 11.6 Å². The van der Waals surface area contributed by atoms with Crippen molar-refractivity contribution < 1.29 is 17.6 Å². The maximum atomic E-state index is 13.8. The summed E-state index contributed by atoms with van der Waals surface area (Å²) in [7, 11) is -4.13. The van der Waals surface area contributed by atoms with Gasteiger partial charge in [-0.2, -0.15) is 0 Å². The number of benzene rings is 1. The third-order valence-electron chi connectivity index (χ3n) is 3.28. The smallest absolute Gasteiger partial charge is 0.254 e. The fourth-order valence-electron chi connectivity index (χ4n) is 1.83. The lowest BCUT2D eigenvalue weighted by molar-refractivity contribution is 0.0942. The molecule has 5 nitrogen and oxygen atoms in total. The van der Waals surface area contributed by atoms with E-state index in [-0.39, 0.29) is 10.9 Å². The van der Waals surface area contributed by atoms with E-state index in [0.29, 0.717) is 6.54 Å². The summed E-state index contributed by atoms with van der Waals surface area (Å²) in [6.07, 6.45) is 1.75. The first-order chi connectivity index (χ1) is 9.70. The number of nitrogens with two attached hydrogens (primary N) is 1. The Morgan fingerprint density at radius 1 is 1.38 bits per heavy atom. The number of carbonyl (C=O) groups excluding carboxylic acids is 1. The average Bonchev–Trinajstić information content (AvgIpc) is 2.38. The van der Waals surface area contributed by atoms with Crippen molar-refractivity contribution in [3.05, 3.63) is 28.5 Å². The maximum Gasteiger partial charge on any atom is 0.254 e. The number of sulfonamides is 1. The number of hydrogen-bond acceptors (Lipinski definition) is 3. The molecule has 8 heteroatoms. The molecule has 1 aromatic rings. The Bertz CT molecular complexity index is 631. The molecule has 0 aliphatic rings. The molecule has 0 spiro atoms. The van der Waals surface area contributed by atoms with Crippen LogP contribution in [0.1, 0.15) is 37.0 Å². The van der Waals surface area contributed by atoms with Gasteiger partial charge in [0.1, 0.15) is 10.7 Å². The fraction of sp³-hybridized carbons (Fsp3) is 0.462. The molecule has 0 aliphatic carbocycles. The molecule has 0 bridgehead atoms. The van der Waals surface area contributed by atoms with Crippen LogP contribution in [0.3, 0.4) is 0 Å². The molecule has 0 fully saturated rings. The number of primary sulfonamides is 1. The summed E-state index contributed by atoms with van der Waals surface area (Å²) in [5, 5.41) is 7.20. The number of hydrogen-bond donors (Lipinski definition) is 2. The molecule has 1 rings (SSSR count). The predicted molar refractivity (Wildman–Crippen MR) is 79.2 cm³/mol. The van der Waals surface area contributed by atoms with Crippen LogP contribution in [0.2, 0.25) is 5.02 Å². The first-order valence-electron chi connectivity index (χ1n) is 6.50. The number of carbonyl (C=O) groups is 1. The van der Waals surface area contributed by atoms with Crippen molar-refractivity contribution in [2.24, 2.45) is 11.1 Å². The van der Waals surface area contributed by atoms with Crippen LogP contribution in [-0.2, 0) is 10.0 Å². The van der Waals surface area contributed by atoms with Gasteiger partial charge in [0.05, 0.1) is 10.6 Å². The van der Waals surface area contributed by atoms with Crippen LogP contribution in [0.15, 0.2) is 17.0 Å². The van der Waals surface area contributed by atoms with Gasteiger partial charge in [0, 0.05) is 6.54 Å². The molecule has 118 valence electrons. The molecule has 3 N–H and O–H groups in total. The zero-order valence-corrected chi connectivity index (χ0v) is 13.4. The van der Waals surface area contributed by atoms with E-state index in [1.807, 2.05) is 13.8 Å². The highest BCUT2D eigenvalue weighted by Crippen LogP contribution is 2.24. The molecular formula is C13H18ClFN2O3S. The summed E-state index contributed by atoms with van der Waals surface area (Å²) in [6.45, 7) is 4.36. The highest BCUT2D eigenvalue weighted by molar-refractivity contribution is 7.89. The van der Waals surface area contributed by atoms with Crippen molar-refractivity contribution in [3.8, 4) is 0 Å². The van der Waals surface area contributed by atoms with E-state index in [4.69, 9.17) is 16.7 Å². The summed E-state index contributed by atoms with van der Waals surface area (Å²) in [5.41, 5.74) is -0.394. The molecule has 21 heavy (non-hydrogen) atoms. The van der Waals surface area contributed by atoms with E-state index in [2.05, 4.69) is 5.32 Å². The minimum Gasteiger partial charge on any atom is -0.352 e. The van der Waals surface area contributed by atoms with Crippen LogP contribution in [0.4, 0.5) is 4.39 Å². The summed E-state index contributed by atoms with van der Waals surface area (Å²) in [4.78, 5) is 11.5. The minimum absolute atomic E-state index is 0.280. The van der Waals surface area contributed by atoms with Gasteiger partial charge in [0.2, 0.25) is 10.0 Å². The summed E-state index contributed by atoms with van der Waals surface area (Å²) in [5.74, 6) is -1.31. The van der Waals surface area contributed by atoms with Crippen molar-refractivity contribution in [1.82, 2.24) is 5.32 Å². The molecule has 0 saturated carbocycles. The Hall–Kier alpha value is -1.18. The zero-order valence-electron chi connectivity index (χ0n) is 11.8. The molecule has 0 atom stereocenters. The quantitative estimate of drug-likeness (QED) is 0.835. The lowest BCUT2D eigenvalue weighted by atomic mass is 10.0. The van der Waals surface area contributed by atoms with E-state index in [9.17, 15) is 17.6 Å². The average molecular weight is 337 g/mol. The second-order valence-corrected chi connectivity index (χ2v) is 6.64. The highest BCUT2D eigenvalue weighted by atomic mass is 35.5. The zero-order chi connectivity index (χ0) is 16.2. The molecule has 1 amide bonds. The topological polar surface area (TPSA) is 89.3 Å². The maximum absolute atomic E-state index is 13.8. The highest BCUT2D eigenvalue weighted by Gasteiger charge is 2.21. The van der Waals surface area contributed by atoms with E-state index in [0.717, 1.165) is 25.0 Å². The van der Waals surface area contributed by atoms with Crippen LogP contribution in [0, 0.1) is 11.7 Å². The lowest BCUT2D eigenvalue weighted by Gasteiger charge is -2.14. The third kappa shape index (κ3) is 4.66. The molecule has 0 radical (unpaired) electrons. The standard InChI is InChI=1S/C13H18ClFN2O3S/c1-3-8(4-2)7-17-13(18)9-5-12(21(16,19)20)10(14)6-11(9)15/h5-6,8H,3-4,7H2,1-2H3,(H,17,18)(H2,16,19,20). The van der Waals surface area contributed by atoms with Crippen molar-refractivity contribution >= 4 is 27.5 Å². The SMILES string of the molecule is CCC(CC)CNC(=O)c1cc(S(N)(=O)=O)c(Cl)cc1F. The van der Waals surface area contributed by atoms with Gasteiger partial charge >= 0.3 is 0 Å². The van der Waals surface area contributed by atoms with E-state index in [1.165, 1.54) is 0 Å². The molecular weight excluding hydrogens is 319 g/mol. The van der Waals surface area contributed by atoms with Gasteiger partial charge in [-0.05, 0) is 18.1 Å². The van der Waals surface area contributed by atoms with Gasteiger partial charge in [0.15, 0.2) is 0 Å². The summed E-state index contributed by atoms with van der Waals surface area (Å²) >= 11 is 5.63. The Balaban J connectivity index is 3.05. The Kier molecular flexibility index (Phi) is 6.12. The Labute approximate surface area is 128 Å². The van der Waals surface area contributed by atoms with Crippen LogP contribution in [0.25, 0.3) is 0 Å². The third-order valence-corrected chi connectivity index (χ3v) is 4.65. The second kappa shape index (κ2) is 7.20. The first kappa shape index (κ1) is 17.9. The normalized spacial score (nSPS) is 11.7. The number of amides is 1. The Morgan fingerprint density at radius 2 is 1.95 bits per heavy atom. The van der Waals surface area contributed by atoms with Crippen LogP contribution in [-0.4, -0.2) is 20.9 Å². The minimum atomic E-state index is -4.13. The monoisotopic (exact) mass is 336 g/mol. The van der Waals surface area contributed by atoms with Gasteiger partial charge in [0.25, 0.3) is 5.91 Å². The van der Waals surface area contributed by atoms with Crippen molar-refractivity contribution in [2.45, 2.75) is 31.6 Å².